The summed E-state index contributed by atoms with van der Waals surface area (Å²) >= 11 is -2.08. The van der Waals surface area contributed by atoms with Crippen molar-refractivity contribution in [3.8, 4) is 17.6 Å². The fourth-order valence-corrected chi connectivity index (χ4v) is 4.65. The van der Waals surface area contributed by atoms with Crippen LogP contribution in [0.3, 0.4) is 0 Å². The zero-order chi connectivity index (χ0) is 24.1. The monoisotopic (exact) mass is 484 g/mol. The molecule has 0 spiro atoms. The van der Waals surface area contributed by atoms with Crippen molar-refractivity contribution in [1.82, 2.24) is 0 Å². The van der Waals surface area contributed by atoms with Gasteiger partial charge < -0.3 is 9.29 Å². The molecule has 1 atom stereocenters. The zero-order valence-corrected chi connectivity index (χ0v) is 19.2. The lowest BCUT2D eigenvalue weighted by Crippen LogP contribution is -2.32. The smallest absolute Gasteiger partial charge is 0.298 e. The molecule has 1 aliphatic rings. The normalized spacial score (nSPS) is 17.7. The van der Waals surface area contributed by atoms with Crippen molar-refractivity contribution in [3.05, 3.63) is 52.8 Å². The van der Waals surface area contributed by atoms with Gasteiger partial charge in [-0.15, -0.1) is 0 Å². The van der Waals surface area contributed by atoms with E-state index in [1.54, 1.807) is 26.8 Å². The van der Waals surface area contributed by atoms with Crippen molar-refractivity contribution in [2.45, 2.75) is 42.8 Å². The minimum atomic E-state index is -3.96. The first-order valence-electron chi connectivity index (χ1n) is 9.27. The molecule has 0 heterocycles. The van der Waals surface area contributed by atoms with Crippen molar-refractivity contribution in [2.24, 2.45) is 4.40 Å². The molecule has 2 aromatic carbocycles. The molecule has 0 saturated carbocycles. The van der Waals surface area contributed by atoms with E-state index in [9.17, 15) is 17.4 Å². The molecule has 0 bridgehead atoms. The van der Waals surface area contributed by atoms with Crippen LogP contribution in [0, 0.1) is 17.1 Å². The van der Waals surface area contributed by atoms with Gasteiger partial charge >= 0.3 is 0 Å². The predicted molar refractivity (Wildman–Crippen MR) is 114 cm³/mol. The third-order valence-electron chi connectivity index (χ3n) is 4.54. The summed E-state index contributed by atoms with van der Waals surface area (Å²) in [5.41, 5.74) is -1.48. The lowest BCUT2D eigenvalue weighted by atomic mass is 10.1. The van der Waals surface area contributed by atoms with Crippen LogP contribution < -0.4 is 4.74 Å². The van der Waals surface area contributed by atoms with Crippen LogP contribution in [0.2, 0.25) is 0 Å². The van der Waals surface area contributed by atoms with Gasteiger partial charge in [0.25, 0.3) is 5.92 Å². The van der Waals surface area contributed by atoms with Gasteiger partial charge in [-0.05, 0) is 45.0 Å². The molecular formula is C21H19F3N2O4S2. The zero-order valence-electron chi connectivity index (χ0n) is 17.6. The van der Waals surface area contributed by atoms with Gasteiger partial charge in [0.15, 0.2) is 15.5 Å². The van der Waals surface area contributed by atoms with Crippen molar-refractivity contribution in [3.63, 3.8) is 0 Å². The number of halogens is 3. The number of rotatable bonds is 4. The SMILES string of the molecule is CC(C)(C)[S+]([O-])/N=C1/c2c(S(C)(=O)=O)ccc(Oc3cc(F)cc(C#N)c3)c2CC1(F)F. The summed E-state index contributed by atoms with van der Waals surface area (Å²) in [5.74, 6) is -4.64. The third-order valence-corrected chi connectivity index (χ3v) is 7.07. The molecule has 11 heteroatoms. The number of alkyl halides is 2. The number of nitrogens with zero attached hydrogens (tertiary/aromatic N) is 2. The summed E-state index contributed by atoms with van der Waals surface area (Å²) in [4.78, 5) is -0.404. The molecule has 0 amide bonds. The molecule has 6 nitrogen and oxygen atoms in total. The summed E-state index contributed by atoms with van der Waals surface area (Å²) in [5, 5.41) is 9.00. The van der Waals surface area contributed by atoms with E-state index in [0.717, 1.165) is 24.5 Å². The van der Waals surface area contributed by atoms with Gasteiger partial charge in [-0.25, -0.2) is 12.8 Å². The molecule has 0 N–H and O–H groups in total. The second-order valence-corrected chi connectivity index (χ2v) is 12.1. The summed E-state index contributed by atoms with van der Waals surface area (Å²) in [6.45, 7) is 4.65. The van der Waals surface area contributed by atoms with E-state index >= 15 is 8.78 Å². The van der Waals surface area contributed by atoms with E-state index in [4.69, 9.17) is 10.00 Å². The van der Waals surface area contributed by atoms with Crippen molar-refractivity contribution < 1.29 is 30.9 Å². The fourth-order valence-electron chi connectivity index (χ4n) is 3.08. The van der Waals surface area contributed by atoms with Crippen LogP contribution in [0.5, 0.6) is 11.5 Å². The number of fused-ring (bicyclic) bond motifs is 1. The summed E-state index contributed by atoms with van der Waals surface area (Å²) in [6, 6.07) is 7.20. The first-order valence-corrected chi connectivity index (χ1v) is 12.3. The van der Waals surface area contributed by atoms with E-state index in [0.29, 0.717) is 0 Å². The maximum absolute atomic E-state index is 15.0. The molecule has 170 valence electrons. The predicted octanol–water partition coefficient (Wildman–Crippen LogP) is 4.34. The minimum Gasteiger partial charge on any atom is -0.591 e. The van der Waals surface area contributed by atoms with Gasteiger partial charge in [-0.3, -0.25) is 0 Å². The van der Waals surface area contributed by atoms with Gasteiger partial charge in [0, 0.05) is 29.9 Å². The van der Waals surface area contributed by atoms with E-state index < -0.39 is 54.7 Å². The Kier molecular flexibility index (Phi) is 6.10. The molecule has 1 unspecified atom stereocenters. The van der Waals surface area contributed by atoms with Crippen LogP contribution in [0.1, 0.15) is 37.5 Å². The second-order valence-electron chi connectivity index (χ2n) is 8.26. The third kappa shape index (κ3) is 4.77. The highest BCUT2D eigenvalue weighted by Crippen LogP contribution is 2.44. The van der Waals surface area contributed by atoms with E-state index in [1.807, 2.05) is 0 Å². The van der Waals surface area contributed by atoms with Crippen LogP contribution in [0.4, 0.5) is 13.2 Å². The van der Waals surface area contributed by atoms with E-state index in [1.165, 1.54) is 12.1 Å². The molecule has 0 fully saturated rings. The highest BCUT2D eigenvalue weighted by Gasteiger charge is 2.50. The Hall–Kier alpha value is -2.55. The minimum absolute atomic E-state index is 0.0439. The molecule has 0 aromatic heterocycles. The number of ether oxygens (including phenoxy) is 1. The van der Waals surface area contributed by atoms with Crippen LogP contribution in [-0.4, -0.2) is 35.6 Å². The van der Waals surface area contributed by atoms with E-state index in [2.05, 4.69) is 4.40 Å². The average Bonchev–Trinajstić information content (AvgIpc) is 2.90. The first kappa shape index (κ1) is 24.1. The van der Waals surface area contributed by atoms with Gasteiger partial charge in [0.2, 0.25) is 0 Å². The fraction of sp³-hybridized carbons (Fsp3) is 0.333. The molecule has 32 heavy (non-hydrogen) atoms. The largest absolute Gasteiger partial charge is 0.591 e. The quantitative estimate of drug-likeness (QED) is 0.601. The number of benzene rings is 2. The lowest BCUT2D eigenvalue weighted by molar-refractivity contribution is 0.0847. The topological polar surface area (TPSA) is 103 Å². The Morgan fingerprint density at radius 3 is 2.47 bits per heavy atom. The Bertz CT molecular complexity index is 1260. The Labute approximate surface area is 187 Å². The number of nitriles is 1. The van der Waals surface area contributed by atoms with Gasteiger partial charge in [0.1, 0.15) is 33.4 Å². The molecule has 1 aliphatic carbocycles. The first-order chi connectivity index (χ1) is 14.6. The number of hydrogen-bond donors (Lipinski definition) is 0. The Morgan fingerprint density at radius 1 is 1.25 bits per heavy atom. The van der Waals surface area contributed by atoms with Crippen LogP contribution in [-0.2, 0) is 27.6 Å². The number of hydrogen-bond acceptors (Lipinski definition) is 6. The summed E-state index contributed by atoms with van der Waals surface area (Å²) in [7, 11) is -3.96. The molecule has 3 rings (SSSR count). The highest BCUT2D eigenvalue weighted by atomic mass is 32.2. The molecule has 0 saturated heterocycles. The lowest BCUT2D eigenvalue weighted by Gasteiger charge is -2.20. The second kappa shape index (κ2) is 8.10. The Balaban J connectivity index is 2.24. The maximum atomic E-state index is 15.0. The van der Waals surface area contributed by atoms with E-state index in [-0.39, 0.29) is 28.2 Å². The van der Waals surface area contributed by atoms with Crippen molar-refractivity contribution >= 4 is 26.9 Å². The summed E-state index contributed by atoms with van der Waals surface area (Å²) in [6.07, 6.45) is -0.0780. The maximum Gasteiger partial charge on any atom is 0.298 e. The molecule has 2 aromatic rings. The highest BCUT2D eigenvalue weighted by molar-refractivity contribution is 7.91. The van der Waals surface area contributed by atoms with Crippen LogP contribution in [0.25, 0.3) is 0 Å². The standard InChI is InChI=1S/C21H19F3N2O4S2/c1-20(2,3)31(27)26-19-18-15(10-21(19,23)24)16(5-6-17(18)32(4,28)29)30-14-8-12(11-25)7-13(22)9-14/h5-9H,10H2,1-4H3/b26-19-. The summed E-state index contributed by atoms with van der Waals surface area (Å²) < 4.78 is 89.3. The molecular weight excluding hydrogens is 465 g/mol. The van der Waals surface area contributed by atoms with Gasteiger partial charge in [-0.1, -0.05) is 4.40 Å². The number of sulfone groups is 1. The van der Waals surface area contributed by atoms with Gasteiger partial charge in [0.05, 0.1) is 16.5 Å². The average molecular weight is 485 g/mol. The molecule has 0 radical (unpaired) electrons. The van der Waals surface area contributed by atoms with Crippen molar-refractivity contribution in [2.75, 3.05) is 6.26 Å². The molecule has 0 aliphatic heterocycles. The van der Waals surface area contributed by atoms with Crippen molar-refractivity contribution in [1.29, 1.82) is 5.26 Å². The van der Waals surface area contributed by atoms with Crippen LogP contribution in [0.15, 0.2) is 39.6 Å². The van der Waals surface area contributed by atoms with Crippen LogP contribution >= 0.6 is 0 Å². The van der Waals surface area contributed by atoms with Gasteiger partial charge in [-0.2, -0.15) is 14.0 Å². The Morgan fingerprint density at radius 2 is 1.91 bits per heavy atom.